The number of rotatable bonds is 4. The molecule has 0 atom stereocenters. The number of hydrogen-bond acceptors (Lipinski definition) is 4. The number of hydrazine groups is 1. The maximum absolute atomic E-state index is 12.3. The fourth-order valence-electron chi connectivity index (χ4n) is 2.19. The number of ether oxygens (including phenoxy) is 1. The maximum atomic E-state index is 12.3. The maximum Gasteiger partial charge on any atom is 0.270 e. The van der Waals surface area contributed by atoms with Crippen LogP contribution in [0.4, 0.5) is 0 Å². The Kier molecular flexibility index (Phi) is 4.38. The summed E-state index contributed by atoms with van der Waals surface area (Å²) in [6.07, 6.45) is 0. The second-order valence-corrected chi connectivity index (χ2v) is 7.40. The molecule has 1 heterocycles. The average Bonchev–Trinajstić information content (AvgIpc) is 2.54. The number of nitrogens with one attached hydrogen (secondary N) is 1. The van der Waals surface area contributed by atoms with Crippen LogP contribution in [0.25, 0.3) is 0 Å². The predicted octanol–water partition coefficient (Wildman–Crippen LogP) is 2.18. The van der Waals surface area contributed by atoms with Crippen LogP contribution in [0.15, 0.2) is 57.9 Å². The second kappa shape index (κ2) is 6.31. The van der Waals surface area contributed by atoms with E-state index in [0.29, 0.717) is 5.75 Å². The van der Waals surface area contributed by atoms with Gasteiger partial charge in [0.25, 0.3) is 15.9 Å². The molecule has 0 saturated heterocycles. The Morgan fingerprint density at radius 2 is 1.78 bits per heavy atom. The van der Waals surface area contributed by atoms with Crippen molar-refractivity contribution in [1.29, 1.82) is 0 Å². The van der Waals surface area contributed by atoms with E-state index in [1.165, 1.54) is 12.1 Å². The minimum Gasteiger partial charge on any atom is -0.492 e. The molecule has 1 N–H and O–H groups in total. The summed E-state index contributed by atoms with van der Waals surface area (Å²) in [7, 11) is -3.73. The number of sulfonamides is 1. The molecular formula is C15H13BrN2O4S. The van der Waals surface area contributed by atoms with Crippen LogP contribution in [0.2, 0.25) is 0 Å². The zero-order chi connectivity index (χ0) is 16.4. The zero-order valence-corrected chi connectivity index (χ0v) is 14.3. The van der Waals surface area contributed by atoms with Gasteiger partial charge in [0.1, 0.15) is 12.4 Å². The lowest BCUT2D eigenvalue weighted by Gasteiger charge is -2.28. The van der Waals surface area contributed by atoms with Crippen LogP contribution in [-0.2, 0) is 10.0 Å². The first-order valence-electron chi connectivity index (χ1n) is 6.79. The van der Waals surface area contributed by atoms with Gasteiger partial charge >= 0.3 is 0 Å². The summed E-state index contributed by atoms with van der Waals surface area (Å²) in [6.45, 7) is 0.264. The molecule has 1 amide bonds. The fourth-order valence-corrected chi connectivity index (χ4v) is 3.72. The lowest BCUT2D eigenvalue weighted by molar-refractivity contribution is 0.0673. The Morgan fingerprint density at radius 1 is 1.09 bits per heavy atom. The van der Waals surface area contributed by atoms with Gasteiger partial charge < -0.3 is 4.74 Å². The molecule has 0 saturated carbocycles. The number of halogens is 1. The highest BCUT2D eigenvalue weighted by Crippen LogP contribution is 2.22. The van der Waals surface area contributed by atoms with E-state index in [4.69, 9.17) is 4.74 Å². The van der Waals surface area contributed by atoms with E-state index >= 15 is 0 Å². The normalized spacial score (nSPS) is 16.0. The first-order chi connectivity index (χ1) is 11.0. The zero-order valence-electron chi connectivity index (χ0n) is 11.9. The van der Waals surface area contributed by atoms with Gasteiger partial charge in [-0.1, -0.05) is 28.1 Å². The van der Waals surface area contributed by atoms with Crippen LogP contribution in [0.5, 0.6) is 5.75 Å². The van der Waals surface area contributed by atoms with E-state index in [9.17, 15) is 13.2 Å². The molecule has 120 valence electrons. The summed E-state index contributed by atoms with van der Waals surface area (Å²) >= 11 is 3.33. The number of benzene rings is 2. The molecule has 0 unspecified atom stereocenters. The molecule has 6 nitrogen and oxygen atoms in total. The van der Waals surface area contributed by atoms with Gasteiger partial charge in [-0.05, 0) is 36.4 Å². The third kappa shape index (κ3) is 3.39. The van der Waals surface area contributed by atoms with E-state index in [-0.39, 0.29) is 23.6 Å². The lowest BCUT2D eigenvalue weighted by Crippen LogP contribution is -2.51. The molecule has 0 fully saturated rings. The van der Waals surface area contributed by atoms with Crippen molar-refractivity contribution < 1.29 is 17.9 Å². The van der Waals surface area contributed by atoms with Crippen LogP contribution in [0, 0.1) is 0 Å². The smallest absolute Gasteiger partial charge is 0.270 e. The predicted molar refractivity (Wildman–Crippen MR) is 87.4 cm³/mol. The molecule has 2 aromatic carbocycles. The molecule has 2 aromatic rings. The topological polar surface area (TPSA) is 75.7 Å². The second-order valence-electron chi connectivity index (χ2n) is 4.85. The van der Waals surface area contributed by atoms with Gasteiger partial charge in [-0.25, -0.2) is 8.42 Å². The number of fused-ring (bicyclic) bond motifs is 1. The SMILES string of the molecule is O=C1c2ccccc2S(=O)(=O)NN1CCOc1ccc(Br)cc1. The summed E-state index contributed by atoms with van der Waals surface area (Å²) in [5.74, 6) is 0.246. The Morgan fingerprint density at radius 3 is 2.52 bits per heavy atom. The van der Waals surface area contributed by atoms with Crippen LogP contribution >= 0.6 is 15.9 Å². The Balaban J connectivity index is 1.70. The van der Waals surface area contributed by atoms with E-state index in [1.807, 2.05) is 12.1 Å². The standard InChI is InChI=1S/C15H13BrN2O4S/c16-11-5-7-12(8-6-11)22-10-9-18-15(19)13-3-1-2-4-14(13)23(20,21)17-18/h1-8,17H,9-10H2. The third-order valence-corrected chi connectivity index (χ3v) is 5.20. The van der Waals surface area contributed by atoms with E-state index in [0.717, 1.165) is 9.48 Å². The molecule has 3 rings (SSSR count). The van der Waals surface area contributed by atoms with Crippen molar-refractivity contribution in [2.75, 3.05) is 13.2 Å². The number of carbonyl (C=O) groups excluding carboxylic acids is 1. The summed E-state index contributed by atoms with van der Waals surface area (Å²) < 4.78 is 30.7. The molecule has 0 aliphatic carbocycles. The van der Waals surface area contributed by atoms with E-state index in [2.05, 4.69) is 20.8 Å². The van der Waals surface area contributed by atoms with Crippen LogP contribution < -0.4 is 9.57 Å². The Labute approximate surface area is 142 Å². The first-order valence-corrected chi connectivity index (χ1v) is 9.07. The molecule has 8 heteroatoms. The fraction of sp³-hybridized carbons (Fsp3) is 0.133. The highest BCUT2D eigenvalue weighted by molar-refractivity contribution is 9.10. The lowest BCUT2D eigenvalue weighted by atomic mass is 10.2. The molecule has 0 aromatic heterocycles. The van der Waals surface area contributed by atoms with Gasteiger partial charge in [0.15, 0.2) is 0 Å². The largest absolute Gasteiger partial charge is 0.492 e. The number of hydrogen-bond donors (Lipinski definition) is 1. The molecule has 0 bridgehead atoms. The van der Waals surface area contributed by atoms with Crippen LogP contribution in [0.1, 0.15) is 10.4 Å². The summed E-state index contributed by atoms with van der Waals surface area (Å²) in [6, 6.07) is 13.3. The van der Waals surface area contributed by atoms with Crippen molar-refractivity contribution in [3.63, 3.8) is 0 Å². The Hall–Kier alpha value is -1.90. The van der Waals surface area contributed by atoms with Crippen molar-refractivity contribution in [3.05, 3.63) is 58.6 Å². The highest BCUT2D eigenvalue weighted by atomic mass is 79.9. The summed E-state index contributed by atoms with van der Waals surface area (Å²) in [4.78, 5) is 14.6. The molecular weight excluding hydrogens is 384 g/mol. The molecule has 0 radical (unpaired) electrons. The Bertz CT molecular complexity index is 837. The van der Waals surface area contributed by atoms with Crippen molar-refractivity contribution in [2.45, 2.75) is 4.90 Å². The minimum atomic E-state index is -3.73. The van der Waals surface area contributed by atoms with Gasteiger partial charge in [0, 0.05) is 4.47 Å². The van der Waals surface area contributed by atoms with Gasteiger partial charge in [-0.3, -0.25) is 9.80 Å². The summed E-state index contributed by atoms with van der Waals surface area (Å²) in [5.41, 5.74) is 0.162. The quantitative estimate of drug-likeness (QED) is 0.858. The number of nitrogens with zero attached hydrogens (tertiary/aromatic N) is 1. The third-order valence-electron chi connectivity index (χ3n) is 3.28. The number of amides is 1. The van der Waals surface area contributed by atoms with Crippen molar-refractivity contribution in [3.8, 4) is 5.75 Å². The highest BCUT2D eigenvalue weighted by Gasteiger charge is 2.33. The van der Waals surface area contributed by atoms with Crippen molar-refractivity contribution in [1.82, 2.24) is 9.84 Å². The molecule has 0 spiro atoms. The van der Waals surface area contributed by atoms with Gasteiger partial charge in [-0.2, -0.15) is 0 Å². The van der Waals surface area contributed by atoms with Gasteiger partial charge in [0.05, 0.1) is 17.0 Å². The van der Waals surface area contributed by atoms with Gasteiger partial charge in [0.2, 0.25) is 0 Å². The van der Waals surface area contributed by atoms with Crippen molar-refractivity contribution >= 4 is 31.9 Å². The first kappa shape index (κ1) is 16.0. The molecule has 1 aliphatic rings. The van der Waals surface area contributed by atoms with E-state index in [1.54, 1.807) is 24.3 Å². The average molecular weight is 397 g/mol. The van der Waals surface area contributed by atoms with Crippen LogP contribution in [-0.4, -0.2) is 32.5 Å². The van der Waals surface area contributed by atoms with E-state index < -0.39 is 15.9 Å². The monoisotopic (exact) mass is 396 g/mol. The molecule has 23 heavy (non-hydrogen) atoms. The van der Waals surface area contributed by atoms with Crippen molar-refractivity contribution in [2.24, 2.45) is 0 Å². The van der Waals surface area contributed by atoms with Crippen LogP contribution in [0.3, 0.4) is 0 Å². The minimum absolute atomic E-state index is 0.00456. The summed E-state index contributed by atoms with van der Waals surface area (Å²) in [5, 5.41) is 1.05. The number of carbonyl (C=O) groups is 1. The van der Waals surface area contributed by atoms with Gasteiger partial charge in [-0.15, -0.1) is 4.83 Å². The molecule has 1 aliphatic heterocycles.